The Hall–Kier alpha value is -2.12. The number of hydrogen-bond acceptors (Lipinski definition) is 5. The maximum absolute atomic E-state index is 12.7. The van der Waals surface area contributed by atoms with Crippen molar-refractivity contribution in [1.29, 1.82) is 0 Å². The molecule has 0 spiro atoms. The molecule has 30 heavy (non-hydrogen) atoms. The van der Waals surface area contributed by atoms with Crippen LogP contribution in [0, 0.1) is 5.92 Å². The topological polar surface area (TPSA) is 65.5 Å². The fourth-order valence-corrected chi connectivity index (χ4v) is 5.39. The highest BCUT2D eigenvalue weighted by Crippen LogP contribution is 2.34. The van der Waals surface area contributed by atoms with Crippen LogP contribution in [0.25, 0.3) is 0 Å². The molecule has 2 amide bonds. The Morgan fingerprint density at radius 2 is 1.93 bits per heavy atom. The molecule has 1 aromatic heterocycles. The summed E-state index contributed by atoms with van der Waals surface area (Å²) in [7, 11) is 0. The van der Waals surface area contributed by atoms with Crippen molar-refractivity contribution in [2.45, 2.75) is 39.2 Å². The predicted octanol–water partition coefficient (Wildman–Crippen LogP) is 3.28. The van der Waals surface area contributed by atoms with Crippen LogP contribution in [0.15, 0.2) is 24.3 Å². The number of aryl methyl sites for hydroxylation is 1. The van der Waals surface area contributed by atoms with Crippen molar-refractivity contribution in [3.8, 4) is 0 Å². The molecule has 1 fully saturated rings. The normalized spacial score (nSPS) is 18.8. The monoisotopic (exact) mass is 446 g/mol. The highest BCUT2D eigenvalue weighted by Gasteiger charge is 2.29. The van der Waals surface area contributed by atoms with Crippen LogP contribution in [0.5, 0.6) is 0 Å². The van der Waals surface area contributed by atoms with Crippen molar-refractivity contribution in [3.05, 3.63) is 45.4 Å². The summed E-state index contributed by atoms with van der Waals surface area (Å²) in [6.07, 6.45) is 3.00. The highest BCUT2D eigenvalue weighted by atomic mass is 35.5. The van der Waals surface area contributed by atoms with Crippen LogP contribution < -0.4 is 10.2 Å². The molecule has 1 aliphatic carbocycles. The van der Waals surface area contributed by atoms with Crippen LogP contribution in [-0.4, -0.2) is 47.9 Å². The molecular formula is C22H27ClN4O2S. The van der Waals surface area contributed by atoms with E-state index in [1.807, 2.05) is 36.1 Å². The average Bonchev–Trinajstić information content (AvgIpc) is 3.21. The summed E-state index contributed by atoms with van der Waals surface area (Å²) >= 11 is 7.63. The lowest BCUT2D eigenvalue weighted by molar-refractivity contribution is -0.131. The Labute approximate surface area is 186 Å². The molecule has 0 saturated carbocycles. The number of fused-ring (bicyclic) bond motifs is 1. The number of hydrogen-bond donors (Lipinski definition) is 1. The number of halogens is 1. The van der Waals surface area contributed by atoms with Gasteiger partial charge in [-0.15, -0.1) is 11.3 Å². The van der Waals surface area contributed by atoms with Gasteiger partial charge in [-0.3, -0.25) is 9.59 Å². The van der Waals surface area contributed by atoms with Gasteiger partial charge >= 0.3 is 0 Å². The van der Waals surface area contributed by atoms with Gasteiger partial charge in [-0.05, 0) is 37.0 Å². The fraction of sp³-hybridized carbons (Fsp3) is 0.500. The van der Waals surface area contributed by atoms with E-state index in [9.17, 15) is 9.59 Å². The average molecular weight is 447 g/mol. The van der Waals surface area contributed by atoms with Gasteiger partial charge in [-0.25, -0.2) is 4.98 Å². The van der Waals surface area contributed by atoms with Gasteiger partial charge in [0.15, 0.2) is 5.13 Å². The maximum atomic E-state index is 12.7. The molecule has 1 N–H and O–H groups in total. The molecule has 4 rings (SSSR count). The van der Waals surface area contributed by atoms with Gasteiger partial charge in [-0.2, -0.15) is 0 Å². The quantitative estimate of drug-likeness (QED) is 0.765. The molecular weight excluding hydrogens is 420 g/mol. The SMILES string of the molecule is CCC(=O)N1CCN(c2nc3c(s2)C[C@@H](C(=O)NCc2ccc(Cl)cc2)CC3)CC1. The highest BCUT2D eigenvalue weighted by molar-refractivity contribution is 7.15. The summed E-state index contributed by atoms with van der Waals surface area (Å²) in [5.41, 5.74) is 2.19. The summed E-state index contributed by atoms with van der Waals surface area (Å²) in [4.78, 5) is 34.9. The van der Waals surface area contributed by atoms with Crippen molar-refractivity contribution >= 4 is 39.9 Å². The molecule has 2 heterocycles. The molecule has 2 aromatic rings. The van der Waals surface area contributed by atoms with Crippen LogP contribution in [0.4, 0.5) is 5.13 Å². The number of nitrogens with zero attached hydrogens (tertiary/aromatic N) is 3. The number of carbonyl (C=O) groups excluding carboxylic acids is 2. The molecule has 1 atom stereocenters. The van der Waals surface area contributed by atoms with Crippen LogP contribution in [0.3, 0.4) is 0 Å². The zero-order valence-electron chi connectivity index (χ0n) is 17.2. The number of nitrogens with one attached hydrogen (secondary N) is 1. The Bertz CT molecular complexity index is 906. The summed E-state index contributed by atoms with van der Waals surface area (Å²) in [5, 5.41) is 4.80. The molecule has 1 aliphatic heterocycles. The second kappa shape index (κ2) is 9.35. The third-order valence-corrected chi connectivity index (χ3v) is 7.32. The molecule has 0 bridgehead atoms. The van der Waals surface area contributed by atoms with Gasteiger partial charge in [0.05, 0.1) is 5.69 Å². The molecule has 2 aliphatic rings. The van der Waals surface area contributed by atoms with E-state index >= 15 is 0 Å². The summed E-state index contributed by atoms with van der Waals surface area (Å²) in [5.74, 6) is 0.329. The van der Waals surface area contributed by atoms with Crippen LogP contribution in [0.1, 0.15) is 35.9 Å². The molecule has 6 nitrogen and oxygen atoms in total. The number of benzene rings is 1. The van der Waals surface area contributed by atoms with Gasteiger partial charge in [0.2, 0.25) is 11.8 Å². The van der Waals surface area contributed by atoms with Crippen molar-refractivity contribution < 1.29 is 9.59 Å². The minimum atomic E-state index is -0.00266. The second-order valence-corrected chi connectivity index (χ2v) is 9.37. The third-order valence-electron chi connectivity index (χ3n) is 5.88. The van der Waals surface area contributed by atoms with E-state index in [4.69, 9.17) is 16.6 Å². The maximum Gasteiger partial charge on any atom is 0.223 e. The zero-order valence-corrected chi connectivity index (χ0v) is 18.8. The molecule has 0 unspecified atom stereocenters. The Morgan fingerprint density at radius 1 is 1.20 bits per heavy atom. The Balaban J connectivity index is 1.32. The third kappa shape index (κ3) is 4.78. The van der Waals surface area contributed by atoms with Crippen molar-refractivity contribution in [3.63, 3.8) is 0 Å². The van der Waals surface area contributed by atoms with E-state index in [2.05, 4.69) is 10.2 Å². The summed E-state index contributed by atoms with van der Waals surface area (Å²) in [6, 6.07) is 7.55. The summed E-state index contributed by atoms with van der Waals surface area (Å²) < 4.78 is 0. The van der Waals surface area contributed by atoms with Crippen LogP contribution in [-0.2, 0) is 29.0 Å². The van der Waals surface area contributed by atoms with E-state index < -0.39 is 0 Å². The first-order valence-corrected chi connectivity index (χ1v) is 11.8. The molecule has 1 saturated heterocycles. The van der Waals surface area contributed by atoms with E-state index in [-0.39, 0.29) is 17.7 Å². The number of rotatable bonds is 5. The van der Waals surface area contributed by atoms with Gasteiger partial charge in [-0.1, -0.05) is 30.7 Å². The number of aromatic nitrogens is 1. The summed E-state index contributed by atoms with van der Waals surface area (Å²) in [6.45, 7) is 5.59. The molecule has 160 valence electrons. The lowest BCUT2D eigenvalue weighted by Crippen LogP contribution is -2.48. The molecule has 1 aromatic carbocycles. The van der Waals surface area contributed by atoms with Gasteiger partial charge in [0, 0.05) is 55.0 Å². The van der Waals surface area contributed by atoms with E-state index in [1.54, 1.807) is 11.3 Å². The zero-order chi connectivity index (χ0) is 21.1. The van der Waals surface area contributed by atoms with Gasteiger partial charge in [0.1, 0.15) is 0 Å². The molecule has 0 radical (unpaired) electrons. The first-order chi connectivity index (χ1) is 14.5. The second-order valence-electron chi connectivity index (χ2n) is 7.87. The van der Waals surface area contributed by atoms with E-state index in [1.165, 1.54) is 4.88 Å². The number of anilines is 1. The minimum absolute atomic E-state index is 0.00266. The van der Waals surface area contributed by atoms with Crippen molar-refractivity contribution in [2.75, 3.05) is 31.1 Å². The first-order valence-electron chi connectivity index (χ1n) is 10.6. The molecule has 8 heteroatoms. The minimum Gasteiger partial charge on any atom is -0.352 e. The van der Waals surface area contributed by atoms with E-state index in [0.29, 0.717) is 18.0 Å². The Kier molecular flexibility index (Phi) is 6.58. The lowest BCUT2D eigenvalue weighted by atomic mass is 9.90. The smallest absolute Gasteiger partial charge is 0.223 e. The number of amides is 2. The van der Waals surface area contributed by atoms with Crippen molar-refractivity contribution in [1.82, 2.24) is 15.2 Å². The lowest BCUT2D eigenvalue weighted by Gasteiger charge is -2.34. The van der Waals surface area contributed by atoms with E-state index in [0.717, 1.165) is 61.8 Å². The Morgan fingerprint density at radius 3 is 2.63 bits per heavy atom. The van der Waals surface area contributed by atoms with Crippen LogP contribution >= 0.6 is 22.9 Å². The number of piperazine rings is 1. The standard InChI is InChI=1S/C22H27ClN4O2S/c1-2-20(28)26-9-11-27(12-10-26)22-25-18-8-5-16(13-19(18)30-22)21(29)24-14-15-3-6-17(23)7-4-15/h3-4,6-7,16H,2,5,8-14H2,1H3,(H,24,29)/t16-/m0/s1. The fourth-order valence-electron chi connectivity index (χ4n) is 4.03. The van der Waals surface area contributed by atoms with Crippen LogP contribution in [0.2, 0.25) is 5.02 Å². The van der Waals surface area contributed by atoms with Crippen molar-refractivity contribution in [2.24, 2.45) is 5.92 Å². The largest absolute Gasteiger partial charge is 0.352 e. The number of thiazole rings is 1. The predicted molar refractivity (Wildman–Crippen MR) is 120 cm³/mol. The van der Waals surface area contributed by atoms with Gasteiger partial charge < -0.3 is 15.1 Å². The van der Waals surface area contributed by atoms with Gasteiger partial charge in [0.25, 0.3) is 0 Å². The number of carbonyl (C=O) groups is 2. The first kappa shape index (κ1) is 21.1.